The normalized spacial score (nSPS) is 11.7. The molecule has 0 amide bonds. The second kappa shape index (κ2) is 8.46. The third-order valence-electron chi connectivity index (χ3n) is 3.58. The molecule has 0 saturated heterocycles. The summed E-state index contributed by atoms with van der Waals surface area (Å²) in [5, 5.41) is 4.05. The van der Waals surface area contributed by atoms with Gasteiger partial charge in [0.25, 0.3) is 0 Å². The van der Waals surface area contributed by atoms with Crippen LogP contribution in [0.5, 0.6) is 0 Å². The zero-order valence-corrected chi connectivity index (χ0v) is 14.1. The van der Waals surface area contributed by atoms with Crippen LogP contribution in [0.3, 0.4) is 0 Å². The van der Waals surface area contributed by atoms with Crippen LogP contribution in [-0.4, -0.2) is 16.5 Å². The molecule has 0 aromatic carbocycles. The number of hydrogen-bond donors (Lipinski definition) is 1. The van der Waals surface area contributed by atoms with Gasteiger partial charge >= 0.3 is 0 Å². The third-order valence-corrected chi connectivity index (χ3v) is 3.91. The molecular formula is C16H28ClN3. The van der Waals surface area contributed by atoms with Crippen LogP contribution in [0.2, 0.25) is 5.15 Å². The maximum absolute atomic E-state index is 6.17. The molecule has 1 heterocycles. The lowest BCUT2D eigenvalue weighted by molar-refractivity contribution is 0.342. The van der Waals surface area contributed by atoms with Gasteiger partial charge in [0.15, 0.2) is 0 Å². The summed E-state index contributed by atoms with van der Waals surface area (Å²) in [6.07, 6.45) is 8.59. The molecule has 0 aliphatic carbocycles. The Morgan fingerprint density at radius 1 is 1.15 bits per heavy atom. The van der Waals surface area contributed by atoms with Gasteiger partial charge in [0.1, 0.15) is 17.3 Å². The molecule has 114 valence electrons. The monoisotopic (exact) mass is 297 g/mol. The molecule has 1 aromatic heterocycles. The van der Waals surface area contributed by atoms with E-state index in [1.807, 2.05) is 0 Å². The Bertz CT molecular complexity index is 405. The first kappa shape index (κ1) is 17.2. The van der Waals surface area contributed by atoms with Gasteiger partial charge in [-0.25, -0.2) is 9.97 Å². The van der Waals surface area contributed by atoms with Gasteiger partial charge in [0, 0.05) is 12.1 Å². The SMILES string of the molecule is CCCCCC(C)(C)CNc1ncnc(Cl)c1CCC. The summed E-state index contributed by atoms with van der Waals surface area (Å²) in [6.45, 7) is 9.91. The summed E-state index contributed by atoms with van der Waals surface area (Å²) in [6, 6.07) is 0. The third kappa shape index (κ3) is 5.66. The minimum Gasteiger partial charge on any atom is -0.369 e. The number of hydrogen-bond acceptors (Lipinski definition) is 3. The van der Waals surface area contributed by atoms with E-state index >= 15 is 0 Å². The topological polar surface area (TPSA) is 37.8 Å². The minimum absolute atomic E-state index is 0.274. The van der Waals surface area contributed by atoms with Crippen molar-refractivity contribution in [3.05, 3.63) is 17.0 Å². The van der Waals surface area contributed by atoms with Gasteiger partial charge in [0.2, 0.25) is 0 Å². The Morgan fingerprint density at radius 3 is 2.55 bits per heavy atom. The number of aromatic nitrogens is 2. The highest BCUT2D eigenvalue weighted by atomic mass is 35.5. The fourth-order valence-corrected chi connectivity index (χ4v) is 2.51. The van der Waals surface area contributed by atoms with E-state index in [0.717, 1.165) is 30.8 Å². The van der Waals surface area contributed by atoms with Crippen molar-refractivity contribution in [2.45, 2.75) is 66.2 Å². The van der Waals surface area contributed by atoms with Gasteiger partial charge < -0.3 is 5.32 Å². The first-order valence-electron chi connectivity index (χ1n) is 7.73. The summed E-state index contributed by atoms with van der Waals surface area (Å²) in [7, 11) is 0. The van der Waals surface area contributed by atoms with Crippen LogP contribution in [0.4, 0.5) is 5.82 Å². The molecule has 0 aliphatic heterocycles. The molecule has 1 aromatic rings. The number of anilines is 1. The molecule has 4 heteroatoms. The summed E-state index contributed by atoms with van der Waals surface area (Å²) in [5.74, 6) is 0.899. The number of nitrogens with one attached hydrogen (secondary N) is 1. The largest absolute Gasteiger partial charge is 0.369 e. The molecule has 1 N–H and O–H groups in total. The summed E-state index contributed by atoms with van der Waals surface area (Å²) in [5.41, 5.74) is 1.32. The molecule has 0 radical (unpaired) electrons. The van der Waals surface area contributed by atoms with Crippen LogP contribution in [0.15, 0.2) is 6.33 Å². The van der Waals surface area contributed by atoms with E-state index in [-0.39, 0.29) is 5.41 Å². The summed E-state index contributed by atoms with van der Waals surface area (Å²) in [4.78, 5) is 8.43. The van der Waals surface area contributed by atoms with Gasteiger partial charge in [-0.05, 0) is 18.3 Å². The molecular weight excluding hydrogens is 270 g/mol. The van der Waals surface area contributed by atoms with Gasteiger partial charge in [0.05, 0.1) is 0 Å². The van der Waals surface area contributed by atoms with Gasteiger partial charge in [-0.3, -0.25) is 0 Å². The van der Waals surface area contributed by atoms with E-state index in [1.54, 1.807) is 0 Å². The highest BCUT2D eigenvalue weighted by molar-refractivity contribution is 6.30. The van der Waals surface area contributed by atoms with Crippen molar-refractivity contribution >= 4 is 17.4 Å². The molecule has 0 fully saturated rings. The number of nitrogens with zero attached hydrogens (tertiary/aromatic N) is 2. The predicted octanol–water partition coefficient (Wildman–Crippen LogP) is 5.10. The standard InChI is InChI=1S/C16H28ClN3/c1-5-7-8-10-16(3,4)11-18-15-13(9-6-2)14(17)19-12-20-15/h12H,5-11H2,1-4H3,(H,18,19,20). The smallest absolute Gasteiger partial charge is 0.137 e. The van der Waals surface area contributed by atoms with Crippen molar-refractivity contribution in [2.24, 2.45) is 5.41 Å². The maximum atomic E-state index is 6.17. The fourth-order valence-electron chi connectivity index (χ4n) is 2.28. The van der Waals surface area contributed by atoms with E-state index in [2.05, 4.69) is 43.0 Å². The Kier molecular flexibility index (Phi) is 7.28. The average Bonchev–Trinajstić information content (AvgIpc) is 2.40. The number of unbranched alkanes of at least 4 members (excludes halogenated alkanes) is 2. The van der Waals surface area contributed by atoms with E-state index in [4.69, 9.17) is 11.6 Å². The van der Waals surface area contributed by atoms with Crippen LogP contribution in [-0.2, 0) is 6.42 Å². The van der Waals surface area contributed by atoms with E-state index in [9.17, 15) is 0 Å². The van der Waals surface area contributed by atoms with Crippen molar-refractivity contribution in [3.63, 3.8) is 0 Å². The zero-order chi connectivity index (χ0) is 15.0. The second-order valence-electron chi connectivity index (χ2n) is 6.22. The lowest BCUT2D eigenvalue weighted by Gasteiger charge is -2.26. The van der Waals surface area contributed by atoms with E-state index in [1.165, 1.54) is 32.0 Å². The average molecular weight is 298 g/mol. The van der Waals surface area contributed by atoms with Crippen LogP contribution >= 0.6 is 11.6 Å². The predicted molar refractivity (Wildman–Crippen MR) is 87.4 cm³/mol. The Morgan fingerprint density at radius 2 is 1.90 bits per heavy atom. The molecule has 0 aliphatic rings. The first-order chi connectivity index (χ1) is 9.50. The highest BCUT2D eigenvalue weighted by Gasteiger charge is 2.18. The molecule has 20 heavy (non-hydrogen) atoms. The number of rotatable bonds is 9. The van der Waals surface area contributed by atoms with Crippen LogP contribution in [0.1, 0.15) is 65.4 Å². The van der Waals surface area contributed by atoms with Crippen molar-refractivity contribution in [3.8, 4) is 0 Å². The first-order valence-corrected chi connectivity index (χ1v) is 8.11. The Labute approximate surface area is 128 Å². The zero-order valence-electron chi connectivity index (χ0n) is 13.3. The van der Waals surface area contributed by atoms with Crippen LogP contribution in [0.25, 0.3) is 0 Å². The summed E-state index contributed by atoms with van der Waals surface area (Å²) < 4.78 is 0. The maximum Gasteiger partial charge on any atom is 0.137 e. The Hall–Kier alpha value is -0.830. The minimum atomic E-state index is 0.274. The van der Waals surface area contributed by atoms with Crippen molar-refractivity contribution in [1.82, 2.24) is 9.97 Å². The molecule has 0 spiro atoms. The second-order valence-corrected chi connectivity index (χ2v) is 6.57. The molecule has 0 unspecified atom stereocenters. The molecule has 0 atom stereocenters. The molecule has 0 bridgehead atoms. The van der Waals surface area contributed by atoms with Crippen LogP contribution < -0.4 is 5.32 Å². The van der Waals surface area contributed by atoms with Gasteiger partial charge in [-0.2, -0.15) is 0 Å². The van der Waals surface area contributed by atoms with Crippen LogP contribution in [0, 0.1) is 5.41 Å². The van der Waals surface area contributed by atoms with Gasteiger partial charge in [-0.15, -0.1) is 0 Å². The lowest BCUT2D eigenvalue weighted by atomic mass is 9.87. The van der Waals surface area contributed by atoms with Crippen molar-refractivity contribution in [2.75, 3.05) is 11.9 Å². The van der Waals surface area contributed by atoms with Crippen molar-refractivity contribution < 1.29 is 0 Å². The quantitative estimate of drug-likeness (QED) is 0.509. The van der Waals surface area contributed by atoms with Crippen molar-refractivity contribution in [1.29, 1.82) is 0 Å². The summed E-state index contributed by atoms with van der Waals surface area (Å²) >= 11 is 6.17. The lowest BCUT2D eigenvalue weighted by Crippen LogP contribution is -2.24. The molecule has 1 rings (SSSR count). The highest BCUT2D eigenvalue weighted by Crippen LogP contribution is 2.26. The fraction of sp³-hybridized carbons (Fsp3) is 0.750. The molecule has 3 nitrogen and oxygen atoms in total. The Balaban J connectivity index is 2.62. The number of halogens is 1. The van der Waals surface area contributed by atoms with E-state index in [0.29, 0.717) is 5.15 Å². The van der Waals surface area contributed by atoms with E-state index < -0.39 is 0 Å². The van der Waals surface area contributed by atoms with Gasteiger partial charge in [-0.1, -0.05) is 65.0 Å². The molecule has 0 saturated carbocycles.